The number of carboxylic acids is 1. The monoisotopic (exact) mass is 427 g/mol. The molecule has 1 fully saturated rings. The normalized spacial score (nSPS) is 17.3. The van der Waals surface area contributed by atoms with Crippen molar-refractivity contribution in [2.45, 2.75) is 17.9 Å². The van der Waals surface area contributed by atoms with Crippen LogP contribution in [0.4, 0.5) is 0 Å². The molecule has 1 aliphatic rings. The van der Waals surface area contributed by atoms with Crippen molar-refractivity contribution in [1.29, 1.82) is 0 Å². The molecule has 0 spiro atoms. The number of nitrogens with zero attached hydrogens (tertiary/aromatic N) is 4. The zero-order valence-corrected chi connectivity index (χ0v) is 17.1. The number of rotatable bonds is 6. The lowest BCUT2D eigenvalue weighted by molar-refractivity contribution is -0.141. The first-order valence-electron chi connectivity index (χ1n) is 9.44. The first-order valence-corrected chi connectivity index (χ1v) is 11.3. The highest BCUT2D eigenvalue weighted by Gasteiger charge is 2.27. The van der Waals surface area contributed by atoms with E-state index in [2.05, 4.69) is 25.5 Å². The van der Waals surface area contributed by atoms with Crippen molar-refractivity contribution in [3.63, 3.8) is 0 Å². The van der Waals surface area contributed by atoms with Crippen LogP contribution in [0.25, 0.3) is 22.5 Å². The van der Waals surface area contributed by atoms with Gasteiger partial charge in [-0.15, -0.1) is 5.10 Å². The number of carbonyl (C=O) groups is 1. The molecule has 10 heteroatoms. The van der Waals surface area contributed by atoms with Gasteiger partial charge in [-0.05, 0) is 46.1 Å². The number of benzene rings is 2. The summed E-state index contributed by atoms with van der Waals surface area (Å²) in [6.07, 6.45) is 1.82. The number of sulfone groups is 1. The zero-order valence-electron chi connectivity index (χ0n) is 16.3. The Morgan fingerprint density at radius 1 is 1.23 bits per heavy atom. The molecule has 0 saturated carbocycles. The summed E-state index contributed by atoms with van der Waals surface area (Å²) in [4.78, 5) is 13.4. The fraction of sp³-hybridized carbons (Fsp3) is 0.300. The van der Waals surface area contributed by atoms with Gasteiger partial charge in [0, 0.05) is 24.9 Å². The standard InChI is InChI=1S/C20H21N5O4S/c1-30(28,29)17-4-2-3-16(18(17)19-21-23-24-22-19)14-7-5-13(6-8-14)11-25-10-9-15(12-25)20(26)27/h2-8,15H,9-12H2,1H3,(H,26,27)(H,21,22,23,24). The van der Waals surface area contributed by atoms with E-state index >= 15 is 0 Å². The Balaban J connectivity index is 1.64. The number of hydrogen-bond donors (Lipinski definition) is 2. The lowest BCUT2D eigenvalue weighted by Crippen LogP contribution is -2.22. The minimum absolute atomic E-state index is 0.152. The number of hydrogen-bond acceptors (Lipinski definition) is 7. The Labute approximate surface area is 173 Å². The predicted octanol–water partition coefficient (Wildman–Crippen LogP) is 1.84. The highest BCUT2D eigenvalue weighted by atomic mass is 32.2. The average molecular weight is 427 g/mol. The molecule has 0 bridgehead atoms. The van der Waals surface area contributed by atoms with Crippen LogP contribution in [0.5, 0.6) is 0 Å². The quantitative estimate of drug-likeness (QED) is 0.610. The minimum Gasteiger partial charge on any atom is -0.481 e. The number of tetrazole rings is 1. The van der Waals surface area contributed by atoms with Crippen LogP contribution in [0, 0.1) is 5.92 Å². The molecule has 1 saturated heterocycles. The Kier molecular flexibility index (Phi) is 5.35. The third-order valence-corrected chi connectivity index (χ3v) is 6.44. The molecule has 1 aromatic heterocycles. The van der Waals surface area contributed by atoms with Crippen molar-refractivity contribution in [3.8, 4) is 22.5 Å². The zero-order chi connectivity index (χ0) is 21.3. The van der Waals surface area contributed by atoms with Crippen molar-refractivity contribution in [2.75, 3.05) is 19.3 Å². The molecule has 9 nitrogen and oxygen atoms in total. The molecule has 0 radical (unpaired) electrons. The van der Waals surface area contributed by atoms with E-state index in [0.717, 1.165) is 23.9 Å². The molecule has 2 N–H and O–H groups in total. The van der Waals surface area contributed by atoms with Gasteiger partial charge in [0.05, 0.1) is 10.8 Å². The second-order valence-electron chi connectivity index (χ2n) is 7.46. The summed E-state index contributed by atoms with van der Waals surface area (Å²) in [5.74, 6) is -0.763. The maximum Gasteiger partial charge on any atom is 0.307 e. The second-order valence-corrected chi connectivity index (χ2v) is 9.44. The molecular weight excluding hydrogens is 406 g/mol. The summed E-state index contributed by atoms with van der Waals surface area (Å²) in [5, 5.41) is 22.9. The molecule has 0 amide bonds. The molecule has 2 heterocycles. The molecule has 1 atom stereocenters. The van der Waals surface area contributed by atoms with Gasteiger partial charge in [0.1, 0.15) is 0 Å². The van der Waals surface area contributed by atoms with Crippen LogP contribution < -0.4 is 0 Å². The first kappa shape index (κ1) is 20.2. The van der Waals surface area contributed by atoms with E-state index < -0.39 is 15.8 Å². The maximum atomic E-state index is 12.3. The number of aliphatic carboxylic acids is 1. The average Bonchev–Trinajstić information content (AvgIpc) is 3.39. The van der Waals surface area contributed by atoms with Crippen LogP contribution >= 0.6 is 0 Å². The lowest BCUT2D eigenvalue weighted by Gasteiger charge is -2.16. The Bertz CT molecular complexity index is 1160. The van der Waals surface area contributed by atoms with Crippen molar-refractivity contribution >= 4 is 15.8 Å². The van der Waals surface area contributed by atoms with Crippen molar-refractivity contribution < 1.29 is 18.3 Å². The first-order chi connectivity index (χ1) is 14.3. The van der Waals surface area contributed by atoms with Crippen LogP contribution in [-0.4, -0.2) is 64.4 Å². The smallest absolute Gasteiger partial charge is 0.307 e. The van der Waals surface area contributed by atoms with Gasteiger partial charge in [-0.2, -0.15) is 0 Å². The maximum absolute atomic E-state index is 12.3. The molecule has 30 heavy (non-hydrogen) atoms. The van der Waals surface area contributed by atoms with E-state index in [1.165, 1.54) is 6.07 Å². The number of aromatic amines is 1. The van der Waals surface area contributed by atoms with E-state index in [0.29, 0.717) is 30.6 Å². The lowest BCUT2D eigenvalue weighted by atomic mass is 9.98. The van der Waals surface area contributed by atoms with Gasteiger partial charge in [0.2, 0.25) is 0 Å². The van der Waals surface area contributed by atoms with Crippen molar-refractivity contribution in [2.24, 2.45) is 5.92 Å². The highest BCUT2D eigenvalue weighted by molar-refractivity contribution is 7.90. The van der Waals surface area contributed by atoms with Gasteiger partial charge in [-0.3, -0.25) is 9.69 Å². The van der Waals surface area contributed by atoms with Crippen molar-refractivity contribution in [3.05, 3.63) is 48.0 Å². The Morgan fingerprint density at radius 3 is 2.60 bits per heavy atom. The Hall–Kier alpha value is -3.11. The summed E-state index contributed by atoms with van der Waals surface area (Å²) in [7, 11) is -3.50. The van der Waals surface area contributed by atoms with Gasteiger partial charge in [-0.25, -0.2) is 13.5 Å². The molecular formula is C20H21N5O4S. The van der Waals surface area contributed by atoms with Crippen LogP contribution in [0.2, 0.25) is 0 Å². The predicted molar refractivity (Wildman–Crippen MR) is 109 cm³/mol. The largest absolute Gasteiger partial charge is 0.481 e. The summed E-state index contributed by atoms with van der Waals surface area (Å²) < 4.78 is 24.6. The molecule has 156 valence electrons. The number of H-pyrrole nitrogens is 1. The summed E-state index contributed by atoms with van der Waals surface area (Å²) >= 11 is 0. The molecule has 0 aliphatic carbocycles. The molecule has 3 aromatic rings. The number of aromatic nitrogens is 4. The summed E-state index contributed by atoms with van der Waals surface area (Å²) in [6, 6.07) is 12.9. The van der Waals surface area contributed by atoms with E-state index in [1.807, 2.05) is 30.3 Å². The van der Waals surface area contributed by atoms with E-state index in [4.69, 9.17) is 5.11 Å². The van der Waals surface area contributed by atoms with Crippen LogP contribution in [0.15, 0.2) is 47.4 Å². The highest BCUT2D eigenvalue weighted by Crippen LogP contribution is 2.35. The topological polar surface area (TPSA) is 129 Å². The fourth-order valence-corrected chi connectivity index (χ4v) is 4.72. The van der Waals surface area contributed by atoms with Gasteiger partial charge in [0.25, 0.3) is 0 Å². The van der Waals surface area contributed by atoms with Gasteiger partial charge in [-0.1, -0.05) is 36.4 Å². The minimum atomic E-state index is -3.50. The van der Waals surface area contributed by atoms with Gasteiger partial charge < -0.3 is 5.11 Å². The Morgan fingerprint density at radius 2 is 2.00 bits per heavy atom. The van der Waals surface area contributed by atoms with Crippen molar-refractivity contribution in [1.82, 2.24) is 25.5 Å². The van der Waals surface area contributed by atoms with Crippen LogP contribution in [-0.2, 0) is 21.2 Å². The number of likely N-dealkylation sites (tertiary alicyclic amines) is 1. The third-order valence-electron chi connectivity index (χ3n) is 5.30. The van der Waals surface area contributed by atoms with E-state index in [9.17, 15) is 13.2 Å². The van der Waals surface area contributed by atoms with Gasteiger partial charge in [0.15, 0.2) is 15.7 Å². The van der Waals surface area contributed by atoms with Crippen LogP contribution in [0.1, 0.15) is 12.0 Å². The SMILES string of the molecule is CS(=O)(=O)c1cccc(-c2ccc(CN3CCC(C(=O)O)C3)cc2)c1-c1nnn[nH]1. The molecule has 4 rings (SSSR count). The molecule has 2 aromatic carbocycles. The number of carboxylic acid groups (broad SMARTS) is 1. The van der Waals surface area contributed by atoms with E-state index in [1.54, 1.807) is 6.07 Å². The van der Waals surface area contributed by atoms with E-state index in [-0.39, 0.29) is 16.6 Å². The third kappa shape index (κ3) is 4.10. The number of nitrogens with one attached hydrogen (secondary N) is 1. The summed E-state index contributed by atoms with van der Waals surface area (Å²) in [5.41, 5.74) is 3.03. The second kappa shape index (κ2) is 7.96. The van der Waals surface area contributed by atoms with Gasteiger partial charge >= 0.3 is 5.97 Å². The summed E-state index contributed by atoms with van der Waals surface area (Å²) in [6.45, 7) is 1.99. The fourth-order valence-electron chi connectivity index (χ4n) is 3.82. The molecule has 1 unspecified atom stereocenters. The van der Waals surface area contributed by atoms with Crippen LogP contribution in [0.3, 0.4) is 0 Å². The molecule has 1 aliphatic heterocycles.